The average Bonchev–Trinajstić information content (AvgIpc) is 2.95. The highest BCUT2D eigenvalue weighted by Crippen LogP contribution is 2.31. The molecule has 1 saturated heterocycles. The second-order valence-corrected chi connectivity index (χ2v) is 5.93. The predicted octanol–water partition coefficient (Wildman–Crippen LogP) is 1.42. The Bertz CT molecular complexity index is 503. The molecule has 0 aromatic heterocycles. The zero-order chi connectivity index (χ0) is 14.1. The fourth-order valence-electron chi connectivity index (χ4n) is 3.34. The van der Waals surface area contributed by atoms with Gasteiger partial charge in [-0.25, -0.2) is 0 Å². The number of aliphatic hydroxyl groups excluding tert-OH is 1. The SMILES string of the molecule is CC1Cc2ccccc2N1CC(O)CN1CCCC1=O. The summed E-state index contributed by atoms with van der Waals surface area (Å²) in [4.78, 5) is 15.7. The van der Waals surface area contributed by atoms with Crippen molar-refractivity contribution in [1.29, 1.82) is 0 Å². The minimum absolute atomic E-state index is 0.180. The Labute approximate surface area is 120 Å². The molecule has 1 aromatic carbocycles. The smallest absolute Gasteiger partial charge is 0.222 e. The van der Waals surface area contributed by atoms with Crippen LogP contribution in [0.3, 0.4) is 0 Å². The quantitative estimate of drug-likeness (QED) is 0.903. The van der Waals surface area contributed by atoms with Gasteiger partial charge in [0, 0.05) is 37.8 Å². The van der Waals surface area contributed by atoms with Crippen molar-refractivity contribution in [3.63, 3.8) is 0 Å². The third kappa shape index (κ3) is 2.52. The van der Waals surface area contributed by atoms with E-state index in [1.165, 1.54) is 11.3 Å². The minimum atomic E-state index is -0.481. The van der Waals surface area contributed by atoms with Crippen LogP contribution < -0.4 is 4.90 Å². The van der Waals surface area contributed by atoms with Gasteiger partial charge in [0.25, 0.3) is 0 Å². The largest absolute Gasteiger partial charge is 0.389 e. The number of carbonyl (C=O) groups is 1. The second-order valence-electron chi connectivity index (χ2n) is 5.93. The van der Waals surface area contributed by atoms with Crippen LogP contribution in [0.4, 0.5) is 5.69 Å². The van der Waals surface area contributed by atoms with Crippen molar-refractivity contribution in [2.24, 2.45) is 0 Å². The molecule has 108 valence electrons. The number of carbonyl (C=O) groups excluding carboxylic acids is 1. The van der Waals surface area contributed by atoms with Crippen molar-refractivity contribution in [2.45, 2.75) is 38.3 Å². The molecule has 20 heavy (non-hydrogen) atoms. The molecule has 1 N–H and O–H groups in total. The summed E-state index contributed by atoms with van der Waals surface area (Å²) in [5, 5.41) is 10.3. The molecule has 4 heteroatoms. The molecule has 2 atom stereocenters. The van der Waals surface area contributed by atoms with E-state index in [1.54, 1.807) is 4.90 Å². The molecule has 0 saturated carbocycles. The molecule has 2 heterocycles. The molecule has 2 unspecified atom stereocenters. The van der Waals surface area contributed by atoms with Crippen LogP contribution in [0.1, 0.15) is 25.3 Å². The minimum Gasteiger partial charge on any atom is -0.389 e. The lowest BCUT2D eigenvalue weighted by molar-refractivity contribution is -0.128. The maximum absolute atomic E-state index is 11.6. The van der Waals surface area contributed by atoms with Gasteiger partial charge in [-0.05, 0) is 31.4 Å². The number of hydrogen-bond acceptors (Lipinski definition) is 3. The van der Waals surface area contributed by atoms with Gasteiger partial charge in [0.15, 0.2) is 0 Å². The maximum atomic E-state index is 11.6. The first-order valence-electron chi connectivity index (χ1n) is 7.45. The highest BCUT2D eigenvalue weighted by molar-refractivity contribution is 5.78. The highest BCUT2D eigenvalue weighted by atomic mass is 16.3. The standard InChI is InChI=1S/C16H22N2O2/c1-12-9-13-5-2-3-6-15(13)18(12)11-14(19)10-17-8-4-7-16(17)20/h2-3,5-6,12,14,19H,4,7-11H2,1H3. The van der Waals surface area contributed by atoms with Crippen LogP contribution in [0.15, 0.2) is 24.3 Å². The first-order valence-corrected chi connectivity index (χ1v) is 7.45. The van der Waals surface area contributed by atoms with Gasteiger partial charge in [0.2, 0.25) is 5.91 Å². The Morgan fingerprint density at radius 3 is 2.90 bits per heavy atom. The topological polar surface area (TPSA) is 43.8 Å². The average molecular weight is 274 g/mol. The number of likely N-dealkylation sites (tertiary alicyclic amines) is 1. The number of anilines is 1. The number of rotatable bonds is 4. The molecule has 4 nitrogen and oxygen atoms in total. The van der Waals surface area contributed by atoms with Crippen molar-refractivity contribution in [3.8, 4) is 0 Å². The summed E-state index contributed by atoms with van der Waals surface area (Å²) in [7, 11) is 0. The lowest BCUT2D eigenvalue weighted by Crippen LogP contribution is -2.42. The number of nitrogens with zero attached hydrogens (tertiary/aromatic N) is 2. The van der Waals surface area contributed by atoms with Crippen molar-refractivity contribution in [2.75, 3.05) is 24.5 Å². The van der Waals surface area contributed by atoms with E-state index in [2.05, 4.69) is 30.0 Å². The van der Waals surface area contributed by atoms with Crippen LogP contribution in [0.5, 0.6) is 0 Å². The van der Waals surface area contributed by atoms with Crippen LogP contribution in [0.2, 0.25) is 0 Å². The summed E-state index contributed by atoms with van der Waals surface area (Å²) in [5.74, 6) is 0.180. The number of benzene rings is 1. The first-order chi connectivity index (χ1) is 9.65. The lowest BCUT2D eigenvalue weighted by atomic mass is 10.1. The Morgan fingerprint density at radius 1 is 1.35 bits per heavy atom. The molecule has 1 amide bonds. The monoisotopic (exact) mass is 274 g/mol. The van der Waals surface area contributed by atoms with Gasteiger partial charge in [-0.3, -0.25) is 4.79 Å². The summed E-state index contributed by atoms with van der Waals surface area (Å²) < 4.78 is 0. The second kappa shape index (κ2) is 5.44. The fourth-order valence-corrected chi connectivity index (χ4v) is 3.34. The molecule has 1 fully saturated rings. The molecule has 1 aromatic rings. The van der Waals surface area contributed by atoms with Gasteiger partial charge >= 0.3 is 0 Å². The van der Waals surface area contributed by atoms with E-state index < -0.39 is 6.10 Å². The van der Waals surface area contributed by atoms with Gasteiger partial charge in [0.05, 0.1) is 6.10 Å². The van der Waals surface area contributed by atoms with Gasteiger partial charge in [0.1, 0.15) is 0 Å². The van der Waals surface area contributed by atoms with Crippen molar-refractivity contribution in [3.05, 3.63) is 29.8 Å². The zero-order valence-electron chi connectivity index (χ0n) is 12.0. The first kappa shape index (κ1) is 13.4. The maximum Gasteiger partial charge on any atom is 0.222 e. The summed E-state index contributed by atoms with van der Waals surface area (Å²) in [5.41, 5.74) is 2.58. The molecular formula is C16H22N2O2. The van der Waals surface area contributed by atoms with Gasteiger partial charge < -0.3 is 14.9 Å². The number of β-amino-alcohol motifs (C(OH)–C–C–N with tert-alkyl or cyclic N) is 1. The van der Waals surface area contributed by atoms with E-state index in [4.69, 9.17) is 0 Å². The van der Waals surface area contributed by atoms with Crippen LogP contribution in [0.25, 0.3) is 0 Å². The Balaban J connectivity index is 1.64. The molecule has 0 radical (unpaired) electrons. The van der Waals surface area contributed by atoms with Crippen molar-refractivity contribution >= 4 is 11.6 Å². The number of amides is 1. The third-order valence-corrected chi connectivity index (χ3v) is 4.36. The molecule has 0 aliphatic carbocycles. The van der Waals surface area contributed by atoms with Gasteiger partial charge in [-0.1, -0.05) is 18.2 Å². The van der Waals surface area contributed by atoms with E-state index in [0.717, 1.165) is 19.4 Å². The van der Waals surface area contributed by atoms with Crippen LogP contribution in [0, 0.1) is 0 Å². The summed E-state index contributed by atoms with van der Waals surface area (Å²) in [6, 6.07) is 8.79. The van der Waals surface area contributed by atoms with Crippen LogP contribution in [-0.4, -0.2) is 47.7 Å². The summed E-state index contributed by atoms with van der Waals surface area (Å²) in [6.07, 6.45) is 2.11. The highest BCUT2D eigenvalue weighted by Gasteiger charge is 2.29. The molecule has 0 spiro atoms. The van der Waals surface area contributed by atoms with Gasteiger partial charge in [-0.15, -0.1) is 0 Å². The normalized spacial score (nSPS) is 23.3. The Morgan fingerprint density at radius 2 is 2.15 bits per heavy atom. The van der Waals surface area contributed by atoms with Gasteiger partial charge in [-0.2, -0.15) is 0 Å². The Hall–Kier alpha value is -1.55. The number of hydrogen-bond donors (Lipinski definition) is 1. The number of aliphatic hydroxyl groups is 1. The molecule has 0 bridgehead atoms. The Kier molecular flexibility index (Phi) is 3.66. The van der Waals surface area contributed by atoms with E-state index in [9.17, 15) is 9.90 Å². The van der Waals surface area contributed by atoms with E-state index in [1.807, 2.05) is 6.07 Å². The summed E-state index contributed by atoms with van der Waals surface area (Å²) in [6.45, 7) is 4.04. The fraction of sp³-hybridized carbons (Fsp3) is 0.562. The van der Waals surface area contributed by atoms with E-state index in [-0.39, 0.29) is 5.91 Å². The number of fused-ring (bicyclic) bond motifs is 1. The van der Waals surface area contributed by atoms with Crippen molar-refractivity contribution < 1.29 is 9.90 Å². The predicted molar refractivity (Wildman–Crippen MR) is 78.8 cm³/mol. The van der Waals surface area contributed by atoms with Crippen LogP contribution in [-0.2, 0) is 11.2 Å². The zero-order valence-corrected chi connectivity index (χ0v) is 12.0. The number of para-hydroxylation sites is 1. The van der Waals surface area contributed by atoms with E-state index >= 15 is 0 Å². The molecule has 2 aliphatic heterocycles. The summed E-state index contributed by atoms with van der Waals surface area (Å²) >= 11 is 0. The molecule has 3 rings (SSSR count). The lowest BCUT2D eigenvalue weighted by Gasteiger charge is -2.29. The van der Waals surface area contributed by atoms with E-state index in [0.29, 0.717) is 25.6 Å². The molecule has 2 aliphatic rings. The molecular weight excluding hydrogens is 252 g/mol. The van der Waals surface area contributed by atoms with Crippen molar-refractivity contribution in [1.82, 2.24) is 4.90 Å². The third-order valence-electron chi connectivity index (χ3n) is 4.36. The van der Waals surface area contributed by atoms with Crippen LogP contribution >= 0.6 is 0 Å².